The fourth-order valence-electron chi connectivity index (χ4n) is 1.69. The molecule has 0 saturated carbocycles. The second-order valence-corrected chi connectivity index (χ2v) is 6.80. The molecular weight excluding hydrogens is 314 g/mol. The van der Waals surface area contributed by atoms with Crippen LogP contribution in [0.3, 0.4) is 0 Å². The van der Waals surface area contributed by atoms with Gasteiger partial charge in [-0.1, -0.05) is 12.1 Å². The van der Waals surface area contributed by atoms with Crippen LogP contribution in [0.4, 0.5) is 0 Å². The predicted octanol–water partition coefficient (Wildman–Crippen LogP) is 3.48. The Hall–Kier alpha value is -0.720. The highest BCUT2D eigenvalue weighted by Crippen LogP contribution is 2.29. The summed E-state index contributed by atoms with van der Waals surface area (Å²) in [6.45, 7) is 2.93. The molecule has 18 heavy (non-hydrogen) atoms. The lowest BCUT2D eigenvalue weighted by Crippen LogP contribution is -2.06. The Morgan fingerprint density at radius 3 is 2.94 bits per heavy atom. The van der Waals surface area contributed by atoms with Crippen molar-refractivity contribution in [1.29, 1.82) is 0 Å². The van der Waals surface area contributed by atoms with E-state index in [1.54, 1.807) is 11.3 Å². The van der Waals surface area contributed by atoms with Gasteiger partial charge in [0.2, 0.25) is 11.7 Å². The van der Waals surface area contributed by atoms with E-state index in [9.17, 15) is 0 Å². The molecule has 2 heterocycles. The number of rotatable bonds is 6. The first kappa shape index (κ1) is 13.7. The lowest BCUT2D eigenvalue weighted by atomic mass is 10.0. The van der Waals surface area contributed by atoms with Crippen molar-refractivity contribution in [3.8, 4) is 10.7 Å². The molecule has 98 valence electrons. The maximum atomic E-state index is 5.53. The number of aromatic nitrogens is 2. The largest absolute Gasteiger partial charge is 0.339 e. The third-order valence-corrected chi connectivity index (χ3v) is 4.39. The molecule has 0 fully saturated rings. The van der Waals surface area contributed by atoms with Crippen molar-refractivity contribution in [2.24, 2.45) is 11.7 Å². The number of nitrogens with two attached hydrogens (primary N) is 1. The number of hydrogen-bond acceptors (Lipinski definition) is 5. The average molecular weight is 330 g/mol. The van der Waals surface area contributed by atoms with Gasteiger partial charge >= 0.3 is 0 Å². The Kier molecular flexibility index (Phi) is 4.91. The van der Waals surface area contributed by atoms with Crippen LogP contribution in [-0.4, -0.2) is 16.7 Å². The van der Waals surface area contributed by atoms with E-state index in [1.807, 2.05) is 12.1 Å². The van der Waals surface area contributed by atoms with E-state index >= 15 is 0 Å². The van der Waals surface area contributed by atoms with Gasteiger partial charge in [0.15, 0.2) is 0 Å². The van der Waals surface area contributed by atoms with Crippen LogP contribution in [0.1, 0.15) is 25.7 Å². The zero-order chi connectivity index (χ0) is 13.0. The van der Waals surface area contributed by atoms with Gasteiger partial charge < -0.3 is 10.3 Å². The smallest absolute Gasteiger partial charge is 0.226 e. The summed E-state index contributed by atoms with van der Waals surface area (Å²) in [5.74, 6) is 1.98. The van der Waals surface area contributed by atoms with E-state index in [0.29, 0.717) is 17.6 Å². The zero-order valence-electron chi connectivity index (χ0n) is 10.2. The Morgan fingerprint density at radius 2 is 2.28 bits per heavy atom. The van der Waals surface area contributed by atoms with Crippen LogP contribution < -0.4 is 5.73 Å². The molecule has 0 aliphatic carbocycles. The first-order valence-corrected chi connectivity index (χ1v) is 7.58. The number of hydrogen-bond donors (Lipinski definition) is 1. The summed E-state index contributed by atoms with van der Waals surface area (Å²) < 4.78 is 6.33. The quantitative estimate of drug-likeness (QED) is 0.881. The predicted molar refractivity (Wildman–Crippen MR) is 76.5 cm³/mol. The number of thiophene rings is 1. The second-order valence-electron chi connectivity index (χ2n) is 4.34. The molecule has 0 aliphatic heterocycles. The molecule has 1 atom stereocenters. The Labute approximate surface area is 119 Å². The first-order chi connectivity index (χ1) is 8.69. The molecular formula is C12H16BrN3OS. The minimum atomic E-state index is 0.598. The van der Waals surface area contributed by atoms with Crippen LogP contribution in [0.5, 0.6) is 0 Å². The Morgan fingerprint density at radius 1 is 1.44 bits per heavy atom. The van der Waals surface area contributed by atoms with Gasteiger partial charge in [-0.2, -0.15) is 4.98 Å². The molecule has 2 N–H and O–H groups in total. The highest BCUT2D eigenvalue weighted by Gasteiger charge is 2.11. The van der Waals surface area contributed by atoms with Gasteiger partial charge in [0.1, 0.15) is 0 Å². The lowest BCUT2D eigenvalue weighted by molar-refractivity contribution is 0.362. The van der Waals surface area contributed by atoms with Crippen molar-refractivity contribution in [3.05, 3.63) is 21.8 Å². The highest BCUT2D eigenvalue weighted by atomic mass is 79.9. The molecule has 0 bridgehead atoms. The van der Waals surface area contributed by atoms with E-state index < -0.39 is 0 Å². The molecule has 2 aromatic heterocycles. The van der Waals surface area contributed by atoms with E-state index in [2.05, 4.69) is 33.0 Å². The van der Waals surface area contributed by atoms with E-state index in [4.69, 9.17) is 10.3 Å². The summed E-state index contributed by atoms with van der Waals surface area (Å²) in [7, 11) is 0. The van der Waals surface area contributed by atoms with Gasteiger partial charge in [0.05, 0.1) is 8.66 Å². The lowest BCUT2D eigenvalue weighted by Gasteiger charge is -2.06. The number of aryl methyl sites for hydroxylation is 1. The van der Waals surface area contributed by atoms with Crippen LogP contribution in [-0.2, 0) is 6.42 Å². The standard InChI is InChI=1S/C12H16BrN3OS/c1-8(6-7-14)2-5-11-15-12(16-17-11)9-3-4-10(13)18-9/h3-4,8H,2,5-7,14H2,1H3. The van der Waals surface area contributed by atoms with E-state index in [-0.39, 0.29) is 0 Å². The SMILES string of the molecule is CC(CCN)CCc1nc(-c2ccc(Br)s2)no1. The molecule has 0 aliphatic rings. The van der Waals surface area contributed by atoms with Crippen molar-refractivity contribution in [2.75, 3.05) is 6.54 Å². The summed E-state index contributed by atoms with van der Waals surface area (Å²) in [4.78, 5) is 5.43. The van der Waals surface area contributed by atoms with Crippen LogP contribution in [0.2, 0.25) is 0 Å². The fraction of sp³-hybridized carbons (Fsp3) is 0.500. The zero-order valence-corrected chi connectivity index (χ0v) is 12.6. The minimum Gasteiger partial charge on any atom is -0.339 e. The van der Waals surface area contributed by atoms with Gasteiger partial charge in [0, 0.05) is 6.42 Å². The van der Waals surface area contributed by atoms with Crippen LogP contribution in [0, 0.1) is 5.92 Å². The highest BCUT2D eigenvalue weighted by molar-refractivity contribution is 9.11. The third-order valence-electron chi connectivity index (χ3n) is 2.77. The van der Waals surface area contributed by atoms with Crippen molar-refractivity contribution in [3.63, 3.8) is 0 Å². The Bertz CT molecular complexity index is 497. The molecule has 0 saturated heterocycles. The van der Waals surface area contributed by atoms with Gasteiger partial charge in [-0.3, -0.25) is 0 Å². The van der Waals surface area contributed by atoms with E-state index in [0.717, 1.165) is 34.5 Å². The van der Waals surface area contributed by atoms with Crippen molar-refractivity contribution >= 4 is 27.3 Å². The average Bonchev–Trinajstić information content (AvgIpc) is 2.95. The molecule has 2 aromatic rings. The molecule has 1 unspecified atom stereocenters. The van der Waals surface area contributed by atoms with Crippen LogP contribution in [0.25, 0.3) is 10.7 Å². The maximum Gasteiger partial charge on any atom is 0.226 e. The fourth-order valence-corrected chi connectivity index (χ4v) is 3.00. The summed E-state index contributed by atoms with van der Waals surface area (Å²) >= 11 is 5.03. The van der Waals surface area contributed by atoms with E-state index in [1.165, 1.54) is 0 Å². The topological polar surface area (TPSA) is 64.9 Å². The normalized spacial score (nSPS) is 12.8. The summed E-state index contributed by atoms with van der Waals surface area (Å²) in [6, 6.07) is 3.97. The van der Waals surface area contributed by atoms with Gasteiger partial charge in [-0.15, -0.1) is 11.3 Å². The molecule has 6 heteroatoms. The Balaban J connectivity index is 1.94. The summed E-state index contributed by atoms with van der Waals surface area (Å²) in [5, 5.41) is 4.00. The van der Waals surface area contributed by atoms with Gasteiger partial charge in [-0.25, -0.2) is 0 Å². The molecule has 0 spiro atoms. The summed E-state index contributed by atoms with van der Waals surface area (Å²) in [6.07, 6.45) is 2.90. The number of nitrogens with zero attached hydrogens (tertiary/aromatic N) is 2. The summed E-state index contributed by atoms with van der Waals surface area (Å²) in [5.41, 5.74) is 5.53. The monoisotopic (exact) mass is 329 g/mol. The molecule has 2 rings (SSSR count). The maximum absolute atomic E-state index is 5.53. The number of halogens is 1. The molecule has 0 amide bonds. The van der Waals surface area contributed by atoms with Crippen molar-refractivity contribution < 1.29 is 4.52 Å². The van der Waals surface area contributed by atoms with Crippen LogP contribution >= 0.6 is 27.3 Å². The first-order valence-electron chi connectivity index (χ1n) is 5.97. The van der Waals surface area contributed by atoms with Gasteiger partial charge in [0.25, 0.3) is 0 Å². The van der Waals surface area contributed by atoms with Crippen LogP contribution in [0.15, 0.2) is 20.4 Å². The molecule has 0 radical (unpaired) electrons. The molecule has 4 nitrogen and oxygen atoms in total. The van der Waals surface area contributed by atoms with Crippen molar-refractivity contribution in [1.82, 2.24) is 10.1 Å². The van der Waals surface area contributed by atoms with Gasteiger partial charge in [-0.05, 0) is 53.4 Å². The van der Waals surface area contributed by atoms with Crippen molar-refractivity contribution in [2.45, 2.75) is 26.2 Å². The second kappa shape index (κ2) is 6.45. The third kappa shape index (κ3) is 3.63. The molecule has 0 aromatic carbocycles. The minimum absolute atomic E-state index is 0.598.